The highest BCUT2D eigenvalue weighted by Crippen LogP contribution is 2.46. The number of amides is 3. The Labute approximate surface area is 327 Å². The molecule has 56 heavy (non-hydrogen) atoms. The number of carbonyl (C=O) groups is 3. The number of hydrogen-bond donors (Lipinski definition) is 2. The van der Waals surface area contributed by atoms with Crippen LogP contribution in [0.3, 0.4) is 0 Å². The van der Waals surface area contributed by atoms with E-state index in [-0.39, 0.29) is 25.3 Å². The summed E-state index contributed by atoms with van der Waals surface area (Å²) in [5.74, 6) is -0.854. The van der Waals surface area contributed by atoms with E-state index in [4.69, 9.17) is 14.5 Å². The number of sulfonamides is 1. The SMILES string of the molecule is C=CC1C[C@@]1(NC(=O)[C@@H]1C[C@@H](Oc2cc(-c3ccccc3)nc3cc(OC)ccc23)CN1C(=O)[C@H](c1ccccc1)N1CCCCC1)C(=O)NS(=O)(=O)C1CC1. The molecule has 13 heteroatoms. The minimum absolute atomic E-state index is 0.106. The summed E-state index contributed by atoms with van der Waals surface area (Å²) in [5, 5.41) is 3.05. The minimum Gasteiger partial charge on any atom is -0.497 e. The van der Waals surface area contributed by atoms with Gasteiger partial charge in [0.15, 0.2) is 0 Å². The van der Waals surface area contributed by atoms with Gasteiger partial charge in [-0.05, 0) is 62.9 Å². The molecular formula is C43H47N5O7S. The van der Waals surface area contributed by atoms with Crippen molar-refractivity contribution in [3.63, 3.8) is 0 Å². The van der Waals surface area contributed by atoms with Crippen LogP contribution in [0, 0.1) is 5.92 Å². The van der Waals surface area contributed by atoms with Gasteiger partial charge in [0.2, 0.25) is 21.8 Å². The lowest BCUT2D eigenvalue weighted by molar-refractivity contribution is -0.144. The Hall–Kier alpha value is -5.27. The summed E-state index contributed by atoms with van der Waals surface area (Å²) in [5.41, 5.74) is 1.58. The van der Waals surface area contributed by atoms with E-state index in [0.29, 0.717) is 35.6 Å². The van der Waals surface area contributed by atoms with Crippen molar-refractivity contribution in [3.8, 4) is 22.8 Å². The van der Waals surface area contributed by atoms with Crippen molar-refractivity contribution in [2.24, 2.45) is 5.92 Å². The zero-order valence-corrected chi connectivity index (χ0v) is 32.2. The molecule has 3 aromatic carbocycles. The summed E-state index contributed by atoms with van der Waals surface area (Å²) in [7, 11) is -2.27. The number of benzene rings is 3. The second-order valence-electron chi connectivity index (χ2n) is 15.3. The second-order valence-corrected chi connectivity index (χ2v) is 17.3. The van der Waals surface area contributed by atoms with Crippen LogP contribution in [-0.4, -0.2) is 90.6 Å². The van der Waals surface area contributed by atoms with Crippen LogP contribution in [0.5, 0.6) is 11.5 Å². The molecule has 2 N–H and O–H groups in total. The minimum atomic E-state index is -3.87. The van der Waals surface area contributed by atoms with Gasteiger partial charge in [-0.25, -0.2) is 13.4 Å². The number of aromatic nitrogens is 1. The van der Waals surface area contributed by atoms with Gasteiger partial charge >= 0.3 is 0 Å². The van der Waals surface area contributed by atoms with Gasteiger partial charge in [-0.1, -0.05) is 73.2 Å². The number of rotatable bonds is 13. The molecular weight excluding hydrogens is 731 g/mol. The Morgan fingerprint density at radius 1 is 0.964 bits per heavy atom. The molecule has 3 amide bonds. The highest BCUT2D eigenvalue weighted by molar-refractivity contribution is 7.91. The fourth-order valence-electron chi connectivity index (χ4n) is 8.21. The number of hydrogen-bond acceptors (Lipinski definition) is 9. The molecule has 2 saturated carbocycles. The molecule has 8 rings (SSSR count). The summed E-state index contributed by atoms with van der Waals surface area (Å²) in [4.78, 5) is 52.0. The molecule has 1 aromatic heterocycles. The summed E-state index contributed by atoms with van der Waals surface area (Å²) in [6.07, 6.45) is 5.25. The Morgan fingerprint density at radius 3 is 2.34 bits per heavy atom. The van der Waals surface area contributed by atoms with Crippen molar-refractivity contribution >= 4 is 38.6 Å². The van der Waals surface area contributed by atoms with Crippen LogP contribution in [-0.2, 0) is 24.4 Å². The summed E-state index contributed by atoms with van der Waals surface area (Å²) < 4.78 is 40.2. The fraction of sp³-hybridized carbons (Fsp3) is 0.395. The molecule has 4 fully saturated rings. The lowest BCUT2D eigenvalue weighted by Crippen LogP contribution is -2.57. The van der Waals surface area contributed by atoms with E-state index in [1.54, 1.807) is 18.1 Å². The zero-order valence-electron chi connectivity index (χ0n) is 31.4. The van der Waals surface area contributed by atoms with E-state index in [1.807, 2.05) is 84.9 Å². The molecule has 0 radical (unpaired) electrons. The smallest absolute Gasteiger partial charge is 0.259 e. The molecule has 2 aliphatic carbocycles. The average molecular weight is 778 g/mol. The van der Waals surface area contributed by atoms with Crippen molar-refractivity contribution in [1.82, 2.24) is 24.8 Å². The van der Waals surface area contributed by atoms with Crippen LogP contribution < -0.4 is 19.5 Å². The maximum absolute atomic E-state index is 15.0. The monoisotopic (exact) mass is 777 g/mol. The Morgan fingerprint density at radius 2 is 1.68 bits per heavy atom. The van der Waals surface area contributed by atoms with E-state index >= 15 is 4.79 Å². The maximum Gasteiger partial charge on any atom is 0.259 e. The van der Waals surface area contributed by atoms with E-state index in [0.717, 1.165) is 48.9 Å². The first-order valence-corrected chi connectivity index (χ1v) is 21.0. The molecule has 0 spiro atoms. The van der Waals surface area contributed by atoms with Gasteiger partial charge in [0.05, 0.1) is 30.1 Å². The first kappa shape index (κ1) is 37.6. The van der Waals surface area contributed by atoms with Crippen molar-refractivity contribution in [2.75, 3.05) is 26.7 Å². The van der Waals surface area contributed by atoms with Gasteiger partial charge in [0, 0.05) is 35.4 Å². The topological polar surface area (TPSA) is 147 Å². The van der Waals surface area contributed by atoms with E-state index < -0.39 is 56.7 Å². The number of carbonyl (C=O) groups excluding carboxylic acids is 3. The third-order valence-electron chi connectivity index (χ3n) is 11.5. The van der Waals surface area contributed by atoms with Crippen LogP contribution in [0.2, 0.25) is 0 Å². The van der Waals surface area contributed by atoms with Crippen LogP contribution in [0.1, 0.15) is 56.6 Å². The quantitative estimate of drug-likeness (QED) is 0.176. The number of fused-ring (bicyclic) bond motifs is 1. The Balaban J connectivity index is 1.14. The average Bonchev–Trinajstić information content (AvgIpc) is 4.15. The number of nitrogens with zero attached hydrogens (tertiary/aromatic N) is 3. The predicted molar refractivity (Wildman–Crippen MR) is 212 cm³/mol. The van der Waals surface area contributed by atoms with Crippen molar-refractivity contribution in [2.45, 2.75) is 73.9 Å². The lowest BCUT2D eigenvalue weighted by atomic mass is 10.00. The van der Waals surface area contributed by atoms with Crippen molar-refractivity contribution < 1.29 is 32.3 Å². The van der Waals surface area contributed by atoms with Crippen molar-refractivity contribution in [1.29, 1.82) is 0 Å². The van der Waals surface area contributed by atoms with Gasteiger partial charge in [-0.2, -0.15) is 0 Å². The van der Waals surface area contributed by atoms with Crippen LogP contribution in [0.4, 0.5) is 0 Å². The number of nitrogens with one attached hydrogen (secondary N) is 2. The van der Waals surface area contributed by atoms with Gasteiger partial charge in [-0.3, -0.25) is 24.0 Å². The second kappa shape index (κ2) is 15.3. The number of ether oxygens (including phenoxy) is 2. The summed E-state index contributed by atoms with van der Waals surface area (Å²) in [6.45, 7) is 5.43. The molecule has 5 atom stereocenters. The summed E-state index contributed by atoms with van der Waals surface area (Å²) >= 11 is 0. The van der Waals surface area contributed by atoms with Gasteiger partial charge in [0.1, 0.15) is 35.2 Å². The molecule has 4 aliphatic rings. The fourth-order valence-corrected chi connectivity index (χ4v) is 9.57. The summed E-state index contributed by atoms with van der Waals surface area (Å²) in [6, 6.07) is 25.2. The molecule has 292 valence electrons. The molecule has 2 aliphatic heterocycles. The molecule has 2 saturated heterocycles. The highest BCUT2D eigenvalue weighted by atomic mass is 32.2. The molecule has 12 nitrogen and oxygen atoms in total. The number of methoxy groups -OCH3 is 1. The number of pyridine rings is 1. The molecule has 0 bridgehead atoms. The van der Waals surface area contributed by atoms with Gasteiger partial charge < -0.3 is 19.7 Å². The first-order valence-electron chi connectivity index (χ1n) is 19.4. The van der Waals surface area contributed by atoms with Crippen LogP contribution >= 0.6 is 0 Å². The van der Waals surface area contributed by atoms with Crippen molar-refractivity contribution in [3.05, 3.63) is 103 Å². The Kier molecular flexibility index (Phi) is 10.3. The predicted octanol–water partition coefficient (Wildman–Crippen LogP) is 5.16. The third kappa shape index (κ3) is 7.49. The van der Waals surface area contributed by atoms with E-state index in [1.165, 1.54) is 0 Å². The number of piperidine rings is 1. The molecule has 1 unspecified atom stereocenters. The molecule has 4 aromatic rings. The number of likely N-dealkylation sites (tertiary alicyclic amines) is 2. The zero-order chi connectivity index (χ0) is 39.0. The van der Waals surface area contributed by atoms with Crippen LogP contribution in [0.15, 0.2) is 97.6 Å². The first-order chi connectivity index (χ1) is 27.1. The standard InChI is InChI=1S/C43H47N5O7S/c1-3-30-26-43(30,42(51)46-56(52,53)33-18-19-33)45-40(49)37-24-32(27-48(37)41(50)39(29-15-9-5-10-16-29)47-21-11-6-12-22-47)55-38-25-35(28-13-7-4-8-14-28)44-36-23-31(54-2)17-20-34(36)38/h3-5,7-10,13-17,20,23,25,30,32-33,37,39H,1,6,11-12,18-19,21-22,24,26-27H2,2H3,(H,45,49)(H,46,51)/t30?,32-,37+,39+,43+/m1/s1. The van der Waals surface area contributed by atoms with E-state index in [9.17, 15) is 18.0 Å². The Bertz CT molecular complexity index is 2240. The van der Waals surface area contributed by atoms with Gasteiger partial charge in [-0.15, -0.1) is 6.58 Å². The molecule has 3 heterocycles. The van der Waals surface area contributed by atoms with E-state index in [2.05, 4.69) is 21.5 Å². The highest BCUT2D eigenvalue weighted by Gasteiger charge is 2.62. The normalized spacial score (nSPS) is 24.2. The third-order valence-corrected chi connectivity index (χ3v) is 13.4. The largest absolute Gasteiger partial charge is 0.497 e. The van der Waals surface area contributed by atoms with Gasteiger partial charge in [0.25, 0.3) is 5.91 Å². The maximum atomic E-state index is 15.0. The van der Waals surface area contributed by atoms with Crippen LogP contribution in [0.25, 0.3) is 22.2 Å². The lowest BCUT2D eigenvalue weighted by Gasteiger charge is -2.37.